The predicted molar refractivity (Wildman–Crippen MR) is 103 cm³/mol. The Labute approximate surface area is 158 Å². The molecule has 0 saturated carbocycles. The Hall–Kier alpha value is -3.07. The molecule has 0 radical (unpaired) electrons. The highest BCUT2D eigenvalue weighted by Crippen LogP contribution is 2.30. The Morgan fingerprint density at radius 3 is 2.85 bits per heavy atom. The molecule has 1 aromatic carbocycles. The van der Waals surface area contributed by atoms with Gasteiger partial charge in [-0.2, -0.15) is 0 Å². The van der Waals surface area contributed by atoms with E-state index in [1.54, 1.807) is 23.2 Å². The molecule has 2 N–H and O–H groups in total. The molecule has 138 valence electrons. The summed E-state index contributed by atoms with van der Waals surface area (Å²) in [4.78, 5) is 49.1. The number of fused-ring (bicyclic) bond motifs is 1. The number of benzene rings is 1. The third-order valence-electron chi connectivity index (χ3n) is 4.40. The lowest BCUT2D eigenvalue weighted by Gasteiger charge is -2.16. The summed E-state index contributed by atoms with van der Waals surface area (Å²) in [6.07, 6.45) is 0.113. The molecule has 1 aliphatic heterocycles. The Bertz CT molecular complexity index is 1120. The van der Waals surface area contributed by atoms with Gasteiger partial charge in [0.1, 0.15) is 11.6 Å². The van der Waals surface area contributed by atoms with Crippen molar-refractivity contribution in [3.05, 3.63) is 45.5 Å². The van der Waals surface area contributed by atoms with E-state index in [0.29, 0.717) is 5.82 Å². The summed E-state index contributed by atoms with van der Waals surface area (Å²) in [5.74, 6) is -0.350. The summed E-state index contributed by atoms with van der Waals surface area (Å²) in [7, 11) is 0. The van der Waals surface area contributed by atoms with Crippen LogP contribution in [-0.2, 0) is 9.59 Å². The summed E-state index contributed by atoms with van der Waals surface area (Å²) < 4.78 is 1.06. The van der Waals surface area contributed by atoms with Crippen LogP contribution in [0.25, 0.3) is 10.2 Å². The molecule has 1 unspecified atom stereocenters. The second-order valence-corrected chi connectivity index (χ2v) is 7.73. The average molecular weight is 383 g/mol. The Balaban J connectivity index is 1.52. The van der Waals surface area contributed by atoms with Crippen LogP contribution in [0.4, 0.5) is 11.5 Å². The number of carbonyl (C=O) groups excluding carboxylic acids is 2. The first-order valence-electron chi connectivity index (χ1n) is 8.45. The maximum absolute atomic E-state index is 12.5. The summed E-state index contributed by atoms with van der Waals surface area (Å²) in [5.41, 5.74) is 1.24. The zero-order chi connectivity index (χ0) is 19.1. The lowest BCUT2D eigenvalue weighted by atomic mass is 10.1. The fourth-order valence-electron chi connectivity index (χ4n) is 3.20. The first-order chi connectivity index (χ1) is 12.9. The summed E-state index contributed by atoms with van der Waals surface area (Å²) in [6.45, 7) is 3.85. The van der Waals surface area contributed by atoms with Crippen LogP contribution < -0.4 is 15.8 Å². The van der Waals surface area contributed by atoms with Gasteiger partial charge >= 0.3 is 0 Å². The molecule has 2 aromatic heterocycles. The number of amides is 2. The Morgan fingerprint density at radius 2 is 2.07 bits per heavy atom. The molecule has 3 aromatic rings. The van der Waals surface area contributed by atoms with Crippen LogP contribution in [0, 0.1) is 19.8 Å². The third-order valence-corrected chi connectivity index (χ3v) is 5.35. The fraction of sp³-hybridized carbons (Fsp3) is 0.278. The van der Waals surface area contributed by atoms with Crippen molar-refractivity contribution in [2.75, 3.05) is 16.8 Å². The Morgan fingerprint density at radius 1 is 1.26 bits per heavy atom. The predicted octanol–water partition coefficient (Wildman–Crippen LogP) is 1.99. The third kappa shape index (κ3) is 3.45. The van der Waals surface area contributed by atoms with Crippen LogP contribution in [0.1, 0.15) is 17.3 Å². The van der Waals surface area contributed by atoms with E-state index < -0.39 is 5.92 Å². The maximum Gasteiger partial charge on any atom is 0.252 e. The van der Waals surface area contributed by atoms with E-state index >= 15 is 0 Å². The number of H-pyrrole nitrogens is 1. The van der Waals surface area contributed by atoms with E-state index in [1.807, 2.05) is 25.1 Å². The largest absolute Gasteiger partial charge is 0.312 e. The molecule has 1 atom stereocenters. The van der Waals surface area contributed by atoms with Gasteiger partial charge in [0, 0.05) is 24.7 Å². The highest BCUT2D eigenvalue weighted by molar-refractivity contribution is 7.18. The van der Waals surface area contributed by atoms with Crippen LogP contribution in [-0.4, -0.2) is 33.3 Å². The van der Waals surface area contributed by atoms with Gasteiger partial charge in [-0.05, 0) is 32.0 Å². The molecule has 8 nitrogen and oxygen atoms in total. The van der Waals surface area contributed by atoms with Gasteiger partial charge in [0.15, 0.2) is 0 Å². The van der Waals surface area contributed by atoms with Crippen molar-refractivity contribution in [1.82, 2.24) is 15.0 Å². The minimum absolute atomic E-state index is 0.113. The molecular formula is C18H17N5O3S. The fourth-order valence-corrected chi connectivity index (χ4v) is 4.01. The number of hydrogen-bond acceptors (Lipinski definition) is 6. The minimum atomic E-state index is -0.508. The Kier molecular flexibility index (Phi) is 4.23. The van der Waals surface area contributed by atoms with Crippen LogP contribution in [0.5, 0.6) is 0 Å². The summed E-state index contributed by atoms with van der Waals surface area (Å²) in [5, 5.41) is 3.60. The van der Waals surface area contributed by atoms with Gasteiger partial charge in [0.05, 0.1) is 21.1 Å². The molecule has 0 aliphatic carbocycles. The summed E-state index contributed by atoms with van der Waals surface area (Å²) in [6, 6.07) is 6.91. The average Bonchev–Trinajstić information content (AvgIpc) is 3.14. The molecule has 4 rings (SSSR count). The van der Waals surface area contributed by atoms with E-state index in [1.165, 1.54) is 6.07 Å². The van der Waals surface area contributed by atoms with Crippen LogP contribution in [0.2, 0.25) is 0 Å². The van der Waals surface area contributed by atoms with E-state index in [2.05, 4.69) is 20.3 Å². The molecule has 1 saturated heterocycles. The van der Waals surface area contributed by atoms with E-state index in [9.17, 15) is 14.4 Å². The van der Waals surface area contributed by atoms with Crippen molar-refractivity contribution in [2.24, 2.45) is 5.92 Å². The second-order valence-electron chi connectivity index (χ2n) is 6.50. The number of aromatic nitrogens is 3. The molecule has 1 aliphatic rings. The van der Waals surface area contributed by atoms with Crippen molar-refractivity contribution >= 4 is 44.9 Å². The van der Waals surface area contributed by atoms with Gasteiger partial charge in [-0.15, -0.1) is 11.3 Å². The number of aromatic amines is 1. The van der Waals surface area contributed by atoms with Crippen molar-refractivity contribution in [3.63, 3.8) is 0 Å². The lowest BCUT2D eigenvalue weighted by molar-refractivity contribution is -0.122. The molecule has 0 bridgehead atoms. The zero-order valence-corrected chi connectivity index (χ0v) is 15.6. The molecule has 2 amide bonds. The number of anilines is 2. The molecular weight excluding hydrogens is 366 g/mol. The first-order valence-corrected chi connectivity index (χ1v) is 9.27. The van der Waals surface area contributed by atoms with Crippen LogP contribution >= 0.6 is 11.3 Å². The monoisotopic (exact) mass is 383 g/mol. The number of nitrogens with zero attached hydrogens (tertiary/aromatic N) is 3. The van der Waals surface area contributed by atoms with E-state index in [-0.39, 0.29) is 36.2 Å². The van der Waals surface area contributed by atoms with Gasteiger partial charge in [-0.3, -0.25) is 14.4 Å². The molecule has 3 heterocycles. The van der Waals surface area contributed by atoms with Gasteiger partial charge < -0.3 is 15.2 Å². The number of thiazole rings is 1. The highest BCUT2D eigenvalue weighted by Gasteiger charge is 2.35. The second kappa shape index (κ2) is 6.58. The van der Waals surface area contributed by atoms with Gasteiger partial charge in [0.25, 0.3) is 5.56 Å². The van der Waals surface area contributed by atoms with Gasteiger partial charge in [-0.25, -0.2) is 9.97 Å². The normalized spacial score (nSPS) is 16.9. The quantitative estimate of drug-likeness (QED) is 0.719. The van der Waals surface area contributed by atoms with Crippen molar-refractivity contribution in [2.45, 2.75) is 20.3 Å². The smallest absolute Gasteiger partial charge is 0.252 e. The zero-order valence-electron chi connectivity index (χ0n) is 14.8. The number of nitrogens with one attached hydrogen (secondary N) is 2. The summed E-state index contributed by atoms with van der Waals surface area (Å²) >= 11 is 1.60. The molecule has 1 fully saturated rings. The number of aryl methyl sites for hydroxylation is 2. The SMILES string of the molecule is Cc1nc(NC(=O)C2CC(=O)N(c3ccc4sc(C)nc4c3)C2)cc(=O)[nH]1. The number of hydrogen-bond donors (Lipinski definition) is 2. The van der Waals surface area contributed by atoms with Crippen molar-refractivity contribution in [3.8, 4) is 0 Å². The molecule has 27 heavy (non-hydrogen) atoms. The van der Waals surface area contributed by atoms with Crippen LogP contribution in [0.15, 0.2) is 29.1 Å². The molecule has 9 heteroatoms. The van der Waals surface area contributed by atoms with Crippen LogP contribution in [0.3, 0.4) is 0 Å². The lowest BCUT2D eigenvalue weighted by Crippen LogP contribution is -2.28. The topological polar surface area (TPSA) is 108 Å². The first kappa shape index (κ1) is 17.3. The molecule has 0 spiro atoms. The maximum atomic E-state index is 12.5. The van der Waals surface area contributed by atoms with Crippen molar-refractivity contribution in [1.29, 1.82) is 0 Å². The number of carbonyl (C=O) groups is 2. The highest BCUT2D eigenvalue weighted by atomic mass is 32.1. The van der Waals surface area contributed by atoms with Crippen molar-refractivity contribution < 1.29 is 9.59 Å². The van der Waals surface area contributed by atoms with E-state index in [4.69, 9.17) is 0 Å². The van der Waals surface area contributed by atoms with Gasteiger partial charge in [-0.1, -0.05) is 0 Å². The van der Waals surface area contributed by atoms with Gasteiger partial charge in [0.2, 0.25) is 11.8 Å². The minimum Gasteiger partial charge on any atom is -0.312 e. The number of rotatable bonds is 3. The standard InChI is InChI=1S/C18H17N5O3S/c1-9-19-15(7-16(24)20-9)22-18(26)11-5-17(25)23(8-11)12-3-4-14-13(6-12)21-10(2)27-14/h3-4,6-7,11H,5,8H2,1-2H3,(H2,19,20,22,24,26). The van der Waals surface area contributed by atoms with E-state index in [0.717, 1.165) is 20.9 Å².